The van der Waals surface area contributed by atoms with Gasteiger partial charge in [0.1, 0.15) is 13.2 Å². The molecule has 2 aromatic carbocycles. The molecule has 0 aliphatic rings. The largest absolute Gasteiger partial charge is 0.462 e. The topological polar surface area (TPSA) is 145 Å². The third kappa shape index (κ3) is 19.3. The first kappa shape index (κ1) is 54.4. The Labute approximate surface area is 379 Å². The van der Waals surface area contributed by atoms with Crippen molar-refractivity contribution in [2.75, 3.05) is 26.4 Å². The van der Waals surface area contributed by atoms with E-state index in [0.717, 1.165) is 11.1 Å². The highest BCUT2D eigenvalue weighted by atomic mass is 35.5. The fourth-order valence-corrected chi connectivity index (χ4v) is 6.54. The van der Waals surface area contributed by atoms with Gasteiger partial charge in [0.15, 0.2) is 61.8 Å². The zero-order chi connectivity index (χ0) is 46.2. The summed E-state index contributed by atoms with van der Waals surface area (Å²) in [5.41, 5.74) is 1.42. The molecule has 2 aromatic rings. The number of esters is 2. The first-order chi connectivity index (χ1) is 28.4. The molecule has 0 radical (unpaired) electrons. The second kappa shape index (κ2) is 26.2. The Kier molecular flexibility index (Phi) is 23.4. The van der Waals surface area contributed by atoms with E-state index < -0.39 is 67.7 Å². The predicted molar refractivity (Wildman–Crippen MR) is 232 cm³/mol. The quantitative estimate of drug-likeness (QED) is 0.0345. The number of carbonyl (C=O) groups excluding carboxylic acids is 2. The van der Waals surface area contributed by atoms with Gasteiger partial charge in [-0.3, -0.25) is 0 Å². The number of hydrogen-bond donors (Lipinski definition) is 0. The van der Waals surface area contributed by atoms with Gasteiger partial charge >= 0.3 is 11.9 Å². The number of carbonyl (C=O) groups is 2. The number of rotatable bonds is 28. The molecule has 18 heteroatoms. The first-order valence-electron chi connectivity index (χ1n) is 19.5. The zero-order valence-corrected chi connectivity index (χ0v) is 39.9. The molecule has 14 nitrogen and oxygen atoms in total. The lowest BCUT2D eigenvalue weighted by Gasteiger charge is -2.29. The van der Waals surface area contributed by atoms with Crippen LogP contribution in [0.4, 0.5) is 0 Å². The molecule has 0 bridgehead atoms. The second-order valence-corrected chi connectivity index (χ2v) is 16.0. The molecule has 0 amide bonds. The van der Waals surface area contributed by atoms with Crippen LogP contribution < -0.4 is 9.47 Å². The number of ether oxygens (including phenoxy) is 12. The molecule has 0 aliphatic carbocycles. The summed E-state index contributed by atoms with van der Waals surface area (Å²) >= 11 is 26.9. The van der Waals surface area contributed by atoms with Crippen LogP contribution in [0.1, 0.15) is 94.2 Å². The van der Waals surface area contributed by atoms with E-state index >= 15 is 0 Å². The molecule has 8 atom stereocenters. The summed E-state index contributed by atoms with van der Waals surface area (Å²) in [7, 11) is 0. The summed E-state index contributed by atoms with van der Waals surface area (Å²) in [5, 5.41) is 0.996. The van der Waals surface area contributed by atoms with Crippen molar-refractivity contribution in [3.63, 3.8) is 0 Å². The normalized spacial score (nSPS) is 15.7. The van der Waals surface area contributed by atoms with Gasteiger partial charge in [-0.25, -0.2) is 9.59 Å². The second-order valence-electron chi connectivity index (χ2n) is 14.3. The van der Waals surface area contributed by atoms with E-state index in [9.17, 15) is 9.59 Å². The highest BCUT2D eigenvalue weighted by molar-refractivity contribution is 6.38. The summed E-state index contributed by atoms with van der Waals surface area (Å²) in [4.78, 5) is 23.0. The van der Waals surface area contributed by atoms with Crippen LogP contribution in [-0.4, -0.2) is 88.7 Å². The molecule has 61 heavy (non-hydrogen) atoms. The average Bonchev–Trinajstić information content (AvgIpc) is 3.13. The first-order valence-corrected chi connectivity index (χ1v) is 21.1. The Morgan fingerprint density at radius 1 is 0.492 bits per heavy atom. The molecule has 0 saturated carbocycles. The van der Waals surface area contributed by atoms with E-state index in [-0.39, 0.29) is 58.0 Å². The van der Waals surface area contributed by atoms with Crippen molar-refractivity contribution in [1.29, 1.82) is 0 Å². The van der Waals surface area contributed by atoms with Crippen molar-refractivity contribution >= 4 is 58.3 Å². The maximum absolute atomic E-state index is 11.5. The van der Waals surface area contributed by atoms with Crippen LogP contribution in [0.25, 0.3) is 0 Å². The number of halogens is 4. The fourth-order valence-electron chi connectivity index (χ4n) is 5.39. The van der Waals surface area contributed by atoms with Gasteiger partial charge in [0, 0.05) is 16.6 Å². The molecule has 344 valence electrons. The van der Waals surface area contributed by atoms with Crippen molar-refractivity contribution in [2.45, 2.75) is 139 Å². The monoisotopic (exact) mass is 940 g/mol. The van der Waals surface area contributed by atoms with Crippen LogP contribution in [0.3, 0.4) is 0 Å². The molecule has 0 saturated heterocycles. The van der Waals surface area contributed by atoms with E-state index in [0.29, 0.717) is 11.1 Å². The summed E-state index contributed by atoms with van der Waals surface area (Å²) < 4.78 is 67.5. The van der Waals surface area contributed by atoms with Crippen LogP contribution in [0.2, 0.25) is 20.1 Å². The summed E-state index contributed by atoms with van der Waals surface area (Å²) in [5.74, 6) is -0.543. The Bertz CT molecular complexity index is 1590. The lowest BCUT2D eigenvalue weighted by atomic mass is 9.78. The van der Waals surface area contributed by atoms with E-state index in [4.69, 9.17) is 103 Å². The Morgan fingerprint density at radius 3 is 1.03 bits per heavy atom. The molecular formula is C43H60Cl4O14. The van der Waals surface area contributed by atoms with Gasteiger partial charge in [-0.15, -0.1) is 0 Å². The minimum absolute atomic E-state index is 0.0585. The van der Waals surface area contributed by atoms with Gasteiger partial charge in [0.05, 0.1) is 33.3 Å². The Hall–Kier alpha value is -2.70. The molecule has 0 aliphatic heterocycles. The van der Waals surface area contributed by atoms with Crippen LogP contribution in [0.5, 0.6) is 11.5 Å². The maximum Gasteiger partial charge on any atom is 0.333 e. The van der Waals surface area contributed by atoms with Gasteiger partial charge in [0.25, 0.3) is 0 Å². The third-order valence-corrected chi connectivity index (χ3v) is 9.47. The molecule has 0 heterocycles. The van der Waals surface area contributed by atoms with Crippen molar-refractivity contribution < 1.29 is 66.4 Å². The maximum atomic E-state index is 11.5. The molecule has 8 unspecified atom stereocenters. The smallest absolute Gasteiger partial charge is 0.333 e. The molecule has 0 spiro atoms. The lowest BCUT2D eigenvalue weighted by molar-refractivity contribution is -0.299. The van der Waals surface area contributed by atoms with Crippen molar-refractivity contribution in [2.24, 2.45) is 0 Å². The summed E-state index contributed by atoms with van der Waals surface area (Å²) in [6, 6.07) is 6.98. The van der Waals surface area contributed by atoms with Crippen LogP contribution in [-0.2, 0) is 62.4 Å². The van der Waals surface area contributed by atoms with Gasteiger partial charge < -0.3 is 56.8 Å². The van der Waals surface area contributed by atoms with E-state index in [2.05, 4.69) is 13.2 Å². The minimum atomic E-state index is -0.823. The highest BCUT2D eigenvalue weighted by Crippen LogP contribution is 2.44. The van der Waals surface area contributed by atoms with Gasteiger partial charge in [0.2, 0.25) is 0 Å². The molecule has 2 rings (SSSR count). The molecule has 0 fully saturated rings. The Morgan fingerprint density at radius 2 is 0.754 bits per heavy atom. The summed E-state index contributed by atoms with van der Waals surface area (Å²) in [6.45, 7) is 28.0. The zero-order valence-electron chi connectivity index (χ0n) is 36.9. The van der Waals surface area contributed by atoms with Crippen molar-refractivity contribution in [1.82, 2.24) is 0 Å². The van der Waals surface area contributed by atoms with Crippen LogP contribution in [0, 0.1) is 0 Å². The number of hydrogen-bond acceptors (Lipinski definition) is 14. The molecular weight excluding hydrogens is 882 g/mol. The highest BCUT2D eigenvalue weighted by Gasteiger charge is 2.29. The van der Waals surface area contributed by atoms with Gasteiger partial charge in [-0.1, -0.05) is 73.4 Å². The van der Waals surface area contributed by atoms with E-state index in [1.807, 2.05) is 13.8 Å². The Balaban J connectivity index is 1.95. The van der Waals surface area contributed by atoms with Gasteiger partial charge in [-0.2, -0.15) is 0 Å². The summed E-state index contributed by atoms with van der Waals surface area (Å²) in [6.07, 6.45) is -5.87. The molecule has 0 N–H and O–H groups in total. The van der Waals surface area contributed by atoms with E-state index in [1.54, 1.807) is 93.5 Å². The van der Waals surface area contributed by atoms with E-state index in [1.165, 1.54) is 0 Å². The van der Waals surface area contributed by atoms with Crippen molar-refractivity contribution in [3.8, 4) is 11.5 Å². The molecule has 0 aromatic heterocycles. The SMILES string of the molecule is C=C(C)C(=O)OCCOC(C)OC(C)OC(C)OC(C)Oc1c(Cl)cc(C(C)(C)c2cc(Cl)c(OC(C)OC(C)OC(C)OC(C)OCCOC(=O)C(=C)C)c(Cl)c2)cc1Cl. The average molecular weight is 943 g/mol. The number of benzene rings is 2. The van der Waals surface area contributed by atoms with Crippen molar-refractivity contribution in [3.05, 3.63) is 79.8 Å². The fraction of sp³-hybridized carbons (Fsp3) is 0.581. The van der Waals surface area contributed by atoms with Gasteiger partial charge in [-0.05, 0) is 105 Å². The minimum Gasteiger partial charge on any atom is -0.462 e. The standard InChI is InChI=1S/C43H60Cl4O14/c1-23(2)41(48)52-17-15-50-25(5)54-27(7)56-29(9)58-31(11)60-39-35(44)19-33(20-36(39)45)43(13,14)34-21-37(46)40(38(47)22-34)61-32(12)59-30(10)57-28(8)55-26(6)51-16-18-53-42(49)24(3)4/h19-22,25-32H,1,3,15-18H2,2,4-14H3. The lowest BCUT2D eigenvalue weighted by Crippen LogP contribution is -2.31. The van der Waals surface area contributed by atoms with Crippen LogP contribution >= 0.6 is 46.4 Å². The van der Waals surface area contributed by atoms with Crippen LogP contribution in [0.15, 0.2) is 48.6 Å². The predicted octanol–water partition coefficient (Wildman–Crippen LogP) is 10.5. The third-order valence-electron chi connectivity index (χ3n) is 8.34.